The van der Waals surface area contributed by atoms with E-state index >= 15 is 0 Å². The molecule has 0 spiro atoms. The van der Waals surface area contributed by atoms with Gasteiger partial charge in [-0.25, -0.2) is 4.98 Å². The number of nitrogens with one attached hydrogen (secondary N) is 1. The molecule has 1 aromatic rings. The molecule has 3 N–H and O–H groups in total. The Morgan fingerprint density at radius 3 is 3.00 bits per heavy atom. The van der Waals surface area contributed by atoms with Crippen LogP contribution in [0.5, 0.6) is 0 Å². The van der Waals surface area contributed by atoms with Crippen molar-refractivity contribution < 1.29 is 9.53 Å². The van der Waals surface area contributed by atoms with Crippen LogP contribution in [0.2, 0.25) is 0 Å². The van der Waals surface area contributed by atoms with Crippen molar-refractivity contribution in [1.29, 1.82) is 0 Å². The molecule has 0 saturated heterocycles. The van der Waals surface area contributed by atoms with Crippen LogP contribution in [-0.2, 0) is 4.74 Å². The van der Waals surface area contributed by atoms with Crippen molar-refractivity contribution in [2.24, 2.45) is 5.73 Å². The molecule has 5 nitrogen and oxygen atoms in total. The smallest absolute Gasteiger partial charge is 0.269 e. The van der Waals surface area contributed by atoms with Crippen LogP contribution in [0.3, 0.4) is 0 Å². The Labute approximate surface area is 101 Å². The largest absolute Gasteiger partial charge is 0.380 e. The molecule has 1 aromatic heterocycles. The molecule has 0 aliphatic rings. The lowest BCUT2D eigenvalue weighted by Gasteiger charge is -2.05. The number of hydrogen-bond acceptors (Lipinski definition) is 4. The van der Waals surface area contributed by atoms with E-state index in [0.29, 0.717) is 32.0 Å². The second kappa shape index (κ2) is 7.76. The van der Waals surface area contributed by atoms with Crippen molar-refractivity contribution in [3.63, 3.8) is 0 Å². The summed E-state index contributed by atoms with van der Waals surface area (Å²) in [5.74, 6) is -0.146. The maximum atomic E-state index is 11.7. The van der Waals surface area contributed by atoms with Gasteiger partial charge in [0.15, 0.2) is 0 Å². The molecule has 0 radical (unpaired) electrons. The number of hydrogen-bond donors (Lipinski definition) is 2. The highest BCUT2D eigenvalue weighted by Crippen LogP contribution is 1.97. The van der Waals surface area contributed by atoms with Crippen molar-refractivity contribution in [2.75, 3.05) is 26.3 Å². The summed E-state index contributed by atoms with van der Waals surface area (Å²) in [7, 11) is 0. The quantitative estimate of drug-likeness (QED) is 0.676. The zero-order valence-corrected chi connectivity index (χ0v) is 10.1. The number of amides is 1. The number of carbonyl (C=O) groups is 1. The Hall–Kier alpha value is -1.46. The van der Waals surface area contributed by atoms with Gasteiger partial charge in [-0.2, -0.15) is 0 Å². The minimum Gasteiger partial charge on any atom is -0.380 e. The van der Waals surface area contributed by atoms with Crippen molar-refractivity contribution >= 4 is 5.91 Å². The fourth-order valence-electron chi connectivity index (χ4n) is 1.32. The van der Waals surface area contributed by atoms with E-state index in [1.807, 2.05) is 19.1 Å². The number of pyridine rings is 1. The minimum atomic E-state index is -0.146. The normalized spacial score (nSPS) is 10.2. The number of aryl methyl sites for hydroxylation is 1. The summed E-state index contributed by atoms with van der Waals surface area (Å²) in [5.41, 5.74) is 6.57. The fourth-order valence-corrected chi connectivity index (χ4v) is 1.32. The zero-order valence-electron chi connectivity index (χ0n) is 10.1. The summed E-state index contributed by atoms with van der Waals surface area (Å²) in [5, 5.41) is 2.79. The van der Waals surface area contributed by atoms with Gasteiger partial charge in [-0.3, -0.25) is 4.79 Å². The zero-order chi connectivity index (χ0) is 12.5. The van der Waals surface area contributed by atoms with Crippen LogP contribution in [0.1, 0.15) is 22.6 Å². The second-order valence-corrected chi connectivity index (χ2v) is 3.67. The third-order valence-electron chi connectivity index (χ3n) is 2.13. The molecule has 1 heterocycles. The molecule has 0 unspecified atom stereocenters. The predicted molar refractivity (Wildman–Crippen MR) is 65.8 cm³/mol. The molecule has 0 saturated carbocycles. The average molecular weight is 237 g/mol. The summed E-state index contributed by atoms with van der Waals surface area (Å²) < 4.78 is 5.20. The molecule has 0 atom stereocenters. The van der Waals surface area contributed by atoms with Gasteiger partial charge in [-0.05, 0) is 25.5 Å². The Morgan fingerprint density at radius 1 is 1.47 bits per heavy atom. The molecule has 0 bridgehead atoms. The maximum Gasteiger partial charge on any atom is 0.269 e. The number of ether oxygens (including phenoxy) is 1. The highest BCUT2D eigenvalue weighted by atomic mass is 16.5. The van der Waals surface area contributed by atoms with Crippen LogP contribution in [0.15, 0.2) is 18.2 Å². The molecule has 94 valence electrons. The number of nitrogens with two attached hydrogens (primary N) is 1. The van der Waals surface area contributed by atoms with E-state index < -0.39 is 0 Å². The van der Waals surface area contributed by atoms with E-state index in [9.17, 15) is 4.79 Å². The van der Waals surface area contributed by atoms with Gasteiger partial charge in [0.1, 0.15) is 5.69 Å². The number of nitrogens with zero attached hydrogens (tertiary/aromatic N) is 1. The van der Waals surface area contributed by atoms with E-state index in [2.05, 4.69) is 10.3 Å². The van der Waals surface area contributed by atoms with Gasteiger partial charge in [-0.1, -0.05) is 6.07 Å². The highest BCUT2D eigenvalue weighted by Gasteiger charge is 2.05. The molecular formula is C12H19N3O2. The molecule has 0 aliphatic heterocycles. The van der Waals surface area contributed by atoms with Crippen LogP contribution in [0.25, 0.3) is 0 Å². The van der Waals surface area contributed by atoms with E-state index in [0.717, 1.165) is 12.1 Å². The number of aromatic nitrogens is 1. The Bertz CT molecular complexity index is 355. The molecule has 0 aliphatic carbocycles. The molecule has 17 heavy (non-hydrogen) atoms. The van der Waals surface area contributed by atoms with E-state index in [4.69, 9.17) is 10.5 Å². The third-order valence-corrected chi connectivity index (χ3v) is 2.13. The first-order valence-electron chi connectivity index (χ1n) is 5.73. The van der Waals surface area contributed by atoms with Gasteiger partial charge in [-0.15, -0.1) is 0 Å². The highest BCUT2D eigenvalue weighted by molar-refractivity contribution is 5.92. The van der Waals surface area contributed by atoms with Crippen molar-refractivity contribution in [2.45, 2.75) is 13.3 Å². The molecule has 0 fully saturated rings. The first kappa shape index (κ1) is 13.6. The monoisotopic (exact) mass is 237 g/mol. The van der Waals surface area contributed by atoms with Gasteiger partial charge < -0.3 is 15.8 Å². The van der Waals surface area contributed by atoms with Crippen LogP contribution in [0.4, 0.5) is 0 Å². The van der Waals surface area contributed by atoms with Crippen LogP contribution >= 0.6 is 0 Å². The third kappa shape index (κ3) is 5.42. The fraction of sp³-hybridized carbons (Fsp3) is 0.500. The average Bonchev–Trinajstić information content (AvgIpc) is 2.33. The van der Waals surface area contributed by atoms with Gasteiger partial charge >= 0.3 is 0 Å². The summed E-state index contributed by atoms with van der Waals surface area (Å²) in [6.45, 7) is 4.14. The lowest BCUT2D eigenvalue weighted by Crippen LogP contribution is -2.26. The first-order valence-corrected chi connectivity index (χ1v) is 5.73. The number of carbonyl (C=O) groups excluding carboxylic acids is 1. The van der Waals surface area contributed by atoms with Gasteiger partial charge in [0, 0.05) is 25.4 Å². The van der Waals surface area contributed by atoms with Crippen molar-refractivity contribution in [3.05, 3.63) is 29.6 Å². The molecular weight excluding hydrogens is 218 g/mol. The maximum absolute atomic E-state index is 11.7. The van der Waals surface area contributed by atoms with Gasteiger partial charge in [0.25, 0.3) is 5.91 Å². The van der Waals surface area contributed by atoms with E-state index in [1.54, 1.807) is 6.07 Å². The van der Waals surface area contributed by atoms with Crippen LogP contribution in [0, 0.1) is 6.92 Å². The Kier molecular flexibility index (Phi) is 6.21. The Balaban J connectivity index is 2.21. The summed E-state index contributed by atoms with van der Waals surface area (Å²) in [4.78, 5) is 15.8. The van der Waals surface area contributed by atoms with Gasteiger partial charge in [0.05, 0.1) is 6.61 Å². The topological polar surface area (TPSA) is 77.2 Å². The van der Waals surface area contributed by atoms with Gasteiger partial charge in [0.2, 0.25) is 0 Å². The van der Waals surface area contributed by atoms with E-state index in [1.165, 1.54) is 0 Å². The minimum absolute atomic E-state index is 0.146. The lowest BCUT2D eigenvalue weighted by molar-refractivity contribution is 0.0938. The lowest BCUT2D eigenvalue weighted by atomic mass is 10.3. The second-order valence-electron chi connectivity index (χ2n) is 3.67. The standard InChI is InChI=1S/C12H19N3O2/c1-10-4-2-5-11(15-10)12(16)14-7-3-8-17-9-6-13/h2,4-5H,3,6-9,13H2,1H3,(H,14,16). The number of rotatable bonds is 7. The molecule has 1 rings (SSSR count). The predicted octanol–water partition coefficient (Wildman–Crippen LogP) is 0.485. The SMILES string of the molecule is Cc1cccc(C(=O)NCCCOCCN)n1. The molecule has 5 heteroatoms. The summed E-state index contributed by atoms with van der Waals surface area (Å²) in [6, 6.07) is 5.38. The molecule has 0 aromatic carbocycles. The van der Waals surface area contributed by atoms with Crippen LogP contribution in [-0.4, -0.2) is 37.2 Å². The van der Waals surface area contributed by atoms with Crippen molar-refractivity contribution in [1.82, 2.24) is 10.3 Å². The summed E-state index contributed by atoms with van der Waals surface area (Å²) in [6.07, 6.45) is 0.775. The van der Waals surface area contributed by atoms with E-state index in [-0.39, 0.29) is 5.91 Å². The van der Waals surface area contributed by atoms with Crippen LogP contribution < -0.4 is 11.1 Å². The molecule has 1 amide bonds. The van der Waals surface area contributed by atoms with Crippen molar-refractivity contribution in [3.8, 4) is 0 Å². The first-order chi connectivity index (χ1) is 8.24. The summed E-state index contributed by atoms with van der Waals surface area (Å²) >= 11 is 0. The Morgan fingerprint density at radius 2 is 2.29 bits per heavy atom.